The van der Waals surface area contributed by atoms with Crippen molar-refractivity contribution in [2.24, 2.45) is 0 Å². The number of hydrogen-bond acceptors (Lipinski definition) is 5. The lowest BCUT2D eigenvalue weighted by molar-refractivity contribution is 0.150. The first-order valence-corrected chi connectivity index (χ1v) is 4.30. The summed E-state index contributed by atoms with van der Waals surface area (Å²) in [5.41, 5.74) is 5.39. The summed E-state index contributed by atoms with van der Waals surface area (Å²) in [6.07, 6.45) is 0.808. The quantitative estimate of drug-likeness (QED) is 0.681. The van der Waals surface area contributed by atoms with Crippen molar-refractivity contribution in [3.8, 4) is 0 Å². The van der Waals surface area contributed by atoms with Crippen LogP contribution in [0.3, 0.4) is 0 Å². The van der Waals surface area contributed by atoms with Gasteiger partial charge in [0, 0.05) is 13.0 Å². The molecule has 0 bridgehead atoms. The van der Waals surface area contributed by atoms with Crippen molar-refractivity contribution in [3.63, 3.8) is 0 Å². The van der Waals surface area contributed by atoms with Crippen LogP contribution in [0.2, 0.25) is 0 Å². The van der Waals surface area contributed by atoms with E-state index in [1.807, 2.05) is 6.92 Å². The molecular weight excluding hydrogens is 162 g/mol. The molecule has 0 atom stereocenters. The second-order valence-corrected chi connectivity index (χ2v) is 3.07. The van der Waals surface area contributed by atoms with Gasteiger partial charge in [-0.2, -0.15) is 0 Å². The molecule has 1 aromatic heterocycles. The molecule has 0 aliphatic carbocycles. The highest BCUT2D eigenvalue weighted by Gasteiger charge is 1.99. The Bertz CT molecular complexity index is 213. The van der Waals surface area contributed by atoms with Gasteiger partial charge in [0.15, 0.2) is 0 Å². The van der Waals surface area contributed by atoms with Crippen molar-refractivity contribution in [2.75, 3.05) is 18.9 Å². The molecule has 0 fully saturated rings. The number of rotatable bonds is 4. The fourth-order valence-corrected chi connectivity index (χ4v) is 1.26. The Morgan fingerprint density at radius 1 is 1.55 bits per heavy atom. The van der Waals surface area contributed by atoms with Crippen LogP contribution in [0, 0.1) is 0 Å². The molecule has 0 aliphatic rings. The zero-order valence-electron chi connectivity index (χ0n) is 6.41. The molecule has 0 amide bonds. The maximum absolute atomic E-state index is 5.39. The molecule has 1 heterocycles. The fraction of sp³-hybridized carbons (Fsp3) is 0.667. The molecule has 4 nitrogen and oxygen atoms in total. The lowest BCUT2D eigenvalue weighted by atomic mass is 10.5. The zero-order chi connectivity index (χ0) is 8.10. The highest BCUT2D eigenvalue weighted by Crippen LogP contribution is 2.10. The molecular formula is C6H11N3OS. The van der Waals surface area contributed by atoms with Gasteiger partial charge in [-0.1, -0.05) is 11.3 Å². The van der Waals surface area contributed by atoms with E-state index in [9.17, 15) is 0 Å². The second kappa shape index (κ2) is 4.25. The van der Waals surface area contributed by atoms with Gasteiger partial charge in [-0.05, 0) is 6.92 Å². The summed E-state index contributed by atoms with van der Waals surface area (Å²) in [5, 5.41) is 9.00. The van der Waals surface area contributed by atoms with Crippen molar-refractivity contribution in [1.29, 1.82) is 0 Å². The number of anilines is 1. The van der Waals surface area contributed by atoms with Crippen LogP contribution >= 0.6 is 11.3 Å². The fourth-order valence-electron chi connectivity index (χ4n) is 0.671. The number of nitrogens with two attached hydrogens (primary N) is 1. The molecule has 0 saturated heterocycles. The second-order valence-electron chi connectivity index (χ2n) is 1.98. The Labute approximate surface area is 69.4 Å². The van der Waals surface area contributed by atoms with E-state index in [1.165, 1.54) is 11.3 Å². The van der Waals surface area contributed by atoms with Gasteiger partial charge in [-0.15, -0.1) is 10.2 Å². The van der Waals surface area contributed by atoms with Crippen LogP contribution in [-0.4, -0.2) is 23.4 Å². The average Bonchev–Trinajstić information content (AvgIpc) is 2.37. The molecule has 1 aromatic rings. The van der Waals surface area contributed by atoms with E-state index in [4.69, 9.17) is 10.5 Å². The van der Waals surface area contributed by atoms with Crippen LogP contribution in [0.1, 0.15) is 11.9 Å². The number of ether oxygens (including phenoxy) is 1. The van der Waals surface area contributed by atoms with E-state index in [2.05, 4.69) is 10.2 Å². The first-order valence-electron chi connectivity index (χ1n) is 3.48. The van der Waals surface area contributed by atoms with Gasteiger partial charge in [0.1, 0.15) is 5.01 Å². The van der Waals surface area contributed by atoms with E-state index in [-0.39, 0.29) is 0 Å². The van der Waals surface area contributed by atoms with E-state index in [0.29, 0.717) is 11.7 Å². The van der Waals surface area contributed by atoms with E-state index in [1.54, 1.807) is 0 Å². The molecule has 0 radical (unpaired) electrons. The van der Waals surface area contributed by atoms with Crippen molar-refractivity contribution in [1.82, 2.24) is 10.2 Å². The zero-order valence-corrected chi connectivity index (χ0v) is 7.23. The maximum Gasteiger partial charge on any atom is 0.203 e. The monoisotopic (exact) mass is 173 g/mol. The first kappa shape index (κ1) is 8.42. The highest BCUT2D eigenvalue weighted by atomic mass is 32.1. The number of nitrogens with zero attached hydrogens (tertiary/aromatic N) is 2. The van der Waals surface area contributed by atoms with E-state index < -0.39 is 0 Å². The summed E-state index contributed by atoms with van der Waals surface area (Å²) >= 11 is 1.41. The van der Waals surface area contributed by atoms with Gasteiger partial charge >= 0.3 is 0 Å². The standard InChI is InChI=1S/C6H11N3OS/c1-2-10-4-3-5-8-9-6(7)11-5/h2-4H2,1H3,(H2,7,9). The lowest BCUT2D eigenvalue weighted by Crippen LogP contribution is -1.97. The minimum absolute atomic E-state index is 0.525. The number of nitrogen functional groups attached to an aromatic ring is 1. The van der Waals surface area contributed by atoms with E-state index >= 15 is 0 Å². The minimum Gasteiger partial charge on any atom is -0.381 e. The Morgan fingerprint density at radius 3 is 2.91 bits per heavy atom. The molecule has 62 valence electrons. The smallest absolute Gasteiger partial charge is 0.203 e. The third-order valence-electron chi connectivity index (χ3n) is 1.15. The summed E-state index contributed by atoms with van der Waals surface area (Å²) in [5.74, 6) is 0. The summed E-state index contributed by atoms with van der Waals surface area (Å²) in [7, 11) is 0. The number of hydrogen-bond donors (Lipinski definition) is 1. The van der Waals surface area contributed by atoms with Gasteiger partial charge in [0.25, 0.3) is 0 Å². The Morgan fingerprint density at radius 2 is 2.36 bits per heavy atom. The van der Waals surface area contributed by atoms with Crippen LogP contribution < -0.4 is 5.73 Å². The van der Waals surface area contributed by atoms with Crippen molar-refractivity contribution < 1.29 is 4.74 Å². The normalized spacial score (nSPS) is 10.3. The van der Waals surface area contributed by atoms with Gasteiger partial charge in [-0.3, -0.25) is 0 Å². The predicted octanol–water partition coefficient (Wildman–Crippen LogP) is 0.699. The van der Waals surface area contributed by atoms with Gasteiger partial charge in [0.05, 0.1) is 6.61 Å². The molecule has 0 spiro atoms. The van der Waals surface area contributed by atoms with Crippen LogP contribution in [0.4, 0.5) is 5.13 Å². The first-order chi connectivity index (χ1) is 5.33. The predicted molar refractivity (Wildman–Crippen MR) is 44.5 cm³/mol. The minimum atomic E-state index is 0.525. The van der Waals surface area contributed by atoms with Crippen LogP contribution in [0.15, 0.2) is 0 Å². The van der Waals surface area contributed by atoms with Crippen molar-refractivity contribution in [3.05, 3.63) is 5.01 Å². The summed E-state index contributed by atoms with van der Waals surface area (Å²) in [6.45, 7) is 3.41. The average molecular weight is 173 g/mol. The molecule has 5 heteroatoms. The Balaban J connectivity index is 2.27. The lowest BCUT2D eigenvalue weighted by Gasteiger charge is -1.95. The summed E-state index contributed by atoms with van der Waals surface area (Å²) in [4.78, 5) is 0. The number of aromatic nitrogens is 2. The third kappa shape index (κ3) is 2.81. The largest absolute Gasteiger partial charge is 0.381 e. The van der Waals surface area contributed by atoms with E-state index in [0.717, 1.165) is 18.0 Å². The van der Waals surface area contributed by atoms with Crippen LogP contribution in [0.25, 0.3) is 0 Å². The molecule has 2 N–H and O–H groups in total. The van der Waals surface area contributed by atoms with Crippen LogP contribution in [0.5, 0.6) is 0 Å². The topological polar surface area (TPSA) is 61.0 Å². The SMILES string of the molecule is CCOCCc1nnc(N)s1. The molecule has 11 heavy (non-hydrogen) atoms. The molecule has 0 saturated carbocycles. The molecule has 0 aromatic carbocycles. The maximum atomic E-state index is 5.39. The highest BCUT2D eigenvalue weighted by molar-refractivity contribution is 7.15. The molecule has 0 aliphatic heterocycles. The van der Waals surface area contributed by atoms with Crippen molar-refractivity contribution in [2.45, 2.75) is 13.3 Å². The van der Waals surface area contributed by atoms with Gasteiger partial charge < -0.3 is 10.5 Å². The van der Waals surface area contributed by atoms with Gasteiger partial charge in [0.2, 0.25) is 5.13 Å². The Kier molecular flexibility index (Phi) is 3.25. The molecule has 1 rings (SSSR count). The summed E-state index contributed by atoms with van der Waals surface area (Å²) < 4.78 is 5.14. The summed E-state index contributed by atoms with van der Waals surface area (Å²) in [6, 6.07) is 0. The third-order valence-corrected chi connectivity index (χ3v) is 1.96. The van der Waals surface area contributed by atoms with Gasteiger partial charge in [-0.25, -0.2) is 0 Å². The van der Waals surface area contributed by atoms with Crippen LogP contribution in [-0.2, 0) is 11.2 Å². The van der Waals surface area contributed by atoms with Crippen molar-refractivity contribution >= 4 is 16.5 Å². The molecule has 0 unspecified atom stereocenters. The Hall–Kier alpha value is -0.680.